The molecule has 0 bridgehead atoms. The minimum Gasteiger partial charge on any atom is -0.457 e. The lowest BCUT2D eigenvalue weighted by atomic mass is 10.1. The Hall–Kier alpha value is -2.82. The summed E-state index contributed by atoms with van der Waals surface area (Å²) in [7, 11) is 0. The van der Waals surface area contributed by atoms with Crippen LogP contribution in [0.2, 0.25) is 0 Å². The van der Waals surface area contributed by atoms with Crippen LogP contribution in [0.3, 0.4) is 0 Å². The molecule has 3 aromatic rings. The van der Waals surface area contributed by atoms with Crippen LogP contribution in [0.1, 0.15) is 15.9 Å². The number of carbonyl (C=O) groups is 1. The summed E-state index contributed by atoms with van der Waals surface area (Å²) in [5.74, 6) is -0.0270. The van der Waals surface area contributed by atoms with Crippen molar-refractivity contribution in [1.82, 2.24) is 10.2 Å². The third-order valence-corrected chi connectivity index (χ3v) is 3.06. The van der Waals surface area contributed by atoms with E-state index in [4.69, 9.17) is 10.5 Å². The van der Waals surface area contributed by atoms with Crippen LogP contribution in [0.25, 0.3) is 10.9 Å². The summed E-state index contributed by atoms with van der Waals surface area (Å²) >= 11 is 0. The fourth-order valence-corrected chi connectivity index (χ4v) is 2.03. The number of nitrogens with one attached hydrogen (secondary N) is 1. The van der Waals surface area contributed by atoms with Gasteiger partial charge in [-0.25, -0.2) is 4.79 Å². The largest absolute Gasteiger partial charge is 0.457 e. The van der Waals surface area contributed by atoms with Crippen LogP contribution in [0, 0.1) is 0 Å². The number of anilines is 1. The number of hydrogen-bond donors (Lipinski definition) is 2. The van der Waals surface area contributed by atoms with E-state index in [2.05, 4.69) is 10.2 Å². The van der Waals surface area contributed by atoms with Crippen molar-refractivity contribution >= 4 is 22.7 Å². The number of aromatic nitrogens is 2. The number of nitrogen functional groups attached to an aromatic ring is 1. The SMILES string of the molecule is Nc1n[nH]c2c(C(=O)OCc3ccccc3)cccc12. The average molecular weight is 267 g/mol. The number of fused-ring (bicyclic) bond motifs is 1. The summed E-state index contributed by atoms with van der Waals surface area (Å²) in [5.41, 5.74) is 7.69. The van der Waals surface area contributed by atoms with Crippen molar-refractivity contribution in [2.75, 3.05) is 5.73 Å². The molecule has 1 heterocycles. The van der Waals surface area contributed by atoms with Gasteiger partial charge in [0.25, 0.3) is 0 Å². The van der Waals surface area contributed by atoms with E-state index in [0.29, 0.717) is 16.9 Å². The molecule has 5 heteroatoms. The molecule has 0 aliphatic rings. The van der Waals surface area contributed by atoms with Gasteiger partial charge in [0.05, 0.1) is 11.1 Å². The molecule has 3 N–H and O–H groups in total. The number of nitrogens with two attached hydrogens (primary N) is 1. The van der Waals surface area contributed by atoms with E-state index in [1.807, 2.05) is 36.4 Å². The van der Waals surface area contributed by atoms with E-state index in [0.717, 1.165) is 10.9 Å². The molecule has 0 spiro atoms. The Bertz CT molecular complexity index is 750. The molecule has 20 heavy (non-hydrogen) atoms. The molecule has 0 atom stereocenters. The van der Waals surface area contributed by atoms with Gasteiger partial charge in [0.2, 0.25) is 0 Å². The van der Waals surface area contributed by atoms with Crippen molar-refractivity contribution in [2.24, 2.45) is 0 Å². The maximum Gasteiger partial charge on any atom is 0.340 e. The Labute approximate surface area is 115 Å². The van der Waals surface area contributed by atoms with Crippen molar-refractivity contribution in [3.05, 3.63) is 59.7 Å². The molecule has 0 fully saturated rings. The van der Waals surface area contributed by atoms with Gasteiger partial charge in [0.15, 0.2) is 5.82 Å². The molecule has 100 valence electrons. The highest BCUT2D eigenvalue weighted by molar-refractivity contribution is 6.05. The lowest BCUT2D eigenvalue weighted by Gasteiger charge is -2.05. The summed E-state index contributed by atoms with van der Waals surface area (Å²) in [6.07, 6.45) is 0. The minimum atomic E-state index is -0.400. The molecule has 0 radical (unpaired) electrons. The standard InChI is InChI=1S/C15H13N3O2/c16-14-11-7-4-8-12(13(11)17-18-14)15(19)20-9-10-5-2-1-3-6-10/h1-8H,9H2,(H3,16,17,18). The average Bonchev–Trinajstić information content (AvgIpc) is 2.87. The van der Waals surface area contributed by atoms with Gasteiger partial charge in [0.1, 0.15) is 6.61 Å². The van der Waals surface area contributed by atoms with Crippen molar-refractivity contribution < 1.29 is 9.53 Å². The maximum absolute atomic E-state index is 12.1. The molecule has 0 unspecified atom stereocenters. The number of para-hydroxylation sites is 1. The number of rotatable bonds is 3. The van der Waals surface area contributed by atoms with Crippen LogP contribution in [0.4, 0.5) is 5.82 Å². The van der Waals surface area contributed by atoms with Gasteiger partial charge in [-0.05, 0) is 17.7 Å². The van der Waals surface area contributed by atoms with Crippen LogP contribution in [-0.4, -0.2) is 16.2 Å². The first kappa shape index (κ1) is 12.2. The first-order valence-corrected chi connectivity index (χ1v) is 6.19. The van der Waals surface area contributed by atoms with E-state index in [1.165, 1.54) is 0 Å². The zero-order valence-corrected chi connectivity index (χ0v) is 10.7. The number of hydrogen-bond acceptors (Lipinski definition) is 4. The number of ether oxygens (including phenoxy) is 1. The predicted molar refractivity (Wildman–Crippen MR) is 76.1 cm³/mol. The summed E-state index contributed by atoms with van der Waals surface area (Å²) < 4.78 is 5.30. The fraction of sp³-hybridized carbons (Fsp3) is 0.0667. The third-order valence-electron chi connectivity index (χ3n) is 3.06. The monoisotopic (exact) mass is 267 g/mol. The van der Waals surface area contributed by atoms with Crippen LogP contribution in [0.5, 0.6) is 0 Å². The summed E-state index contributed by atoms with van der Waals surface area (Å²) in [5, 5.41) is 7.38. The number of H-pyrrole nitrogens is 1. The molecule has 0 amide bonds. The predicted octanol–water partition coefficient (Wildman–Crippen LogP) is 2.50. The molecule has 5 nitrogen and oxygen atoms in total. The molecule has 0 aliphatic heterocycles. The van der Waals surface area contributed by atoms with Gasteiger partial charge in [-0.3, -0.25) is 5.10 Å². The molecule has 0 saturated heterocycles. The van der Waals surface area contributed by atoms with E-state index in [1.54, 1.807) is 12.1 Å². The lowest BCUT2D eigenvalue weighted by Crippen LogP contribution is -2.06. The summed E-state index contributed by atoms with van der Waals surface area (Å²) in [4.78, 5) is 12.1. The van der Waals surface area contributed by atoms with Crippen LogP contribution < -0.4 is 5.73 Å². The van der Waals surface area contributed by atoms with Gasteiger partial charge in [-0.1, -0.05) is 36.4 Å². The van der Waals surface area contributed by atoms with Crippen LogP contribution in [-0.2, 0) is 11.3 Å². The van der Waals surface area contributed by atoms with E-state index >= 15 is 0 Å². The molecular weight excluding hydrogens is 254 g/mol. The van der Waals surface area contributed by atoms with Crippen LogP contribution in [0.15, 0.2) is 48.5 Å². The lowest BCUT2D eigenvalue weighted by molar-refractivity contribution is 0.0475. The highest BCUT2D eigenvalue weighted by Gasteiger charge is 2.14. The Morgan fingerprint density at radius 3 is 2.75 bits per heavy atom. The second kappa shape index (κ2) is 5.05. The zero-order valence-electron chi connectivity index (χ0n) is 10.7. The van der Waals surface area contributed by atoms with E-state index < -0.39 is 5.97 Å². The molecule has 3 rings (SSSR count). The molecule has 2 aromatic carbocycles. The number of benzene rings is 2. The molecule has 0 saturated carbocycles. The van der Waals surface area contributed by atoms with Gasteiger partial charge >= 0.3 is 5.97 Å². The van der Waals surface area contributed by atoms with Crippen molar-refractivity contribution in [3.63, 3.8) is 0 Å². The summed E-state index contributed by atoms with van der Waals surface area (Å²) in [6.45, 7) is 0.236. The number of aromatic amines is 1. The number of nitrogens with zero attached hydrogens (tertiary/aromatic N) is 1. The van der Waals surface area contributed by atoms with Crippen LogP contribution >= 0.6 is 0 Å². The third kappa shape index (κ3) is 2.21. The molecule has 1 aromatic heterocycles. The zero-order chi connectivity index (χ0) is 13.9. The van der Waals surface area contributed by atoms with Crippen molar-refractivity contribution in [3.8, 4) is 0 Å². The van der Waals surface area contributed by atoms with Gasteiger partial charge in [0, 0.05) is 5.39 Å². The Morgan fingerprint density at radius 1 is 1.15 bits per heavy atom. The Kier molecular flexibility index (Phi) is 3.09. The topological polar surface area (TPSA) is 81.0 Å². The maximum atomic E-state index is 12.1. The first-order chi connectivity index (χ1) is 9.75. The Morgan fingerprint density at radius 2 is 1.95 bits per heavy atom. The van der Waals surface area contributed by atoms with Gasteiger partial charge in [-0.15, -0.1) is 0 Å². The highest BCUT2D eigenvalue weighted by atomic mass is 16.5. The normalized spacial score (nSPS) is 10.6. The van der Waals surface area contributed by atoms with Gasteiger partial charge in [-0.2, -0.15) is 5.10 Å². The van der Waals surface area contributed by atoms with Gasteiger partial charge < -0.3 is 10.5 Å². The highest BCUT2D eigenvalue weighted by Crippen LogP contribution is 2.21. The van der Waals surface area contributed by atoms with Crippen molar-refractivity contribution in [2.45, 2.75) is 6.61 Å². The first-order valence-electron chi connectivity index (χ1n) is 6.19. The van der Waals surface area contributed by atoms with E-state index in [9.17, 15) is 4.79 Å². The minimum absolute atomic E-state index is 0.236. The Balaban J connectivity index is 1.82. The molecular formula is C15H13N3O2. The quantitative estimate of drug-likeness (QED) is 0.714. The smallest absolute Gasteiger partial charge is 0.340 e. The van der Waals surface area contributed by atoms with E-state index in [-0.39, 0.29) is 6.61 Å². The van der Waals surface area contributed by atoms with Crippen molar-refractivity contribution in [1.29, 1.82) is 0 Å². The second-order valence-electron chi connectivity index (χ2n) is 4.40. The number of carbonyl (C=O) groups excluding carboxylic acids is 1. The number of esters is 1. The second-order valence-corrected chi connectivity index (χ2v) is 4.40. The summed E-state index contributed by atoms with van der Waals surface area (Å²) in [6, 6.07) is 14.8. The fourth-order valence-electron chi connectivity index (χ4n) is 2.03. The molecule has 0 aliphatic carbocycles.